The fourth-order valence-electron chi connectivity index (χ4n) is 1.56. The molecule has 1 unspecified atom stereocenters. The van der Waals surface area contributed by atoms with E-state index in [2.05, 4.69) is 0 Å². The molecule has 1 aliphatic carbocycles. The van der Waals surface area contributed by atoms with Gasteiger partial charge in [0.1, 0.15) is 6.04 Å². The highest BCUT2D eigenvalue weighted by Crippen LogP contribution is 2.24. The van der Waals surface area contributed by atoms with Crippen LogP contribution < -0.4 is 0 Å². The van der Waals surface area contributed by atoms with E-state index in [4.69, 9.17) is 5.21 Å². The Hall–Kier alpha value is -0.120. The summed E-state index contributed by atoms with van der Waals surface area (Å²) >= 11 is 0. The molecule has 1 aliphatic rings. The summed E-state index contributed by atoms with van der Waals surface area (Å²) in [4.78, 5) is -1.08. The lowest BCUT2D eigenvalue weighted by Crippen LogP contribution is -2.44. The van der Waals surface area contributed by atoms with E-state index in [9.17, 15) is 5.21 Å². The molecule has 0 amide bonds. The zero-order valence-electron chi connectivity index (χ0n) is 6.42. The molecule has 0 heterocycles. The summed E-state index contributed by atoms with van der Waals surface area (Å²) in [6, 6.07) is -0.0613. The van der Waals surface area contributed by atoms with Gasteiger partial charge >= 0.3 is 0 Å². The summed E-state index contributed by atoms with van der Waals surface area (Å²) < 4.78 is 0. The summed E-state index contributed by atoms with van der Waals surface area (Å²) in [7, 11) is 1.32. The van der Waals surface area contributed by atoms with Crippen molar-refractivity contribution in [2.45, 2.75) is 38.1 Å². The molecule has 1 saturated carbocycles. The summed E-state index contributed by atoms with van der Waals surface area (Å²) in [6.07, 6.45) is 5.19. The second kappa shape index (κ2) is 2.86. The van der Waals surface area contributed by atoms with Gasteiger partial charge in [-0.25, -0.2) is 10.0 Å². The Morgan fingerprint density at radius 2 is 1.80 bits per heavy atom. The number of hydrogen-bond acceptors (Lipinski definition) is 2. The van der Waals surface area contributed by atoms with Crippen molar-refractivity contribution in [1.82, 2.24) is 0 Å². The van der Waals surface area contributed by atoms with Crippen molar-refractivity contribution in [1.29, 1.82) is 0 Å². The highest BCUT2D eigenvalue weighted by Gasteiger charge is 2.24. The molecule has 0 aromatic rings. The predicted octanol–water partition coefficient (Wildman–Crippen LogP) is 1.65. The zero-order chi connectivity index (χ0) is 7.61. The molecule has 0 aromatic heterocycles. The maximum atomic E-state index is 11.0. The summed E-state index contributed by atoms with van der Waals surface area (Å²) in [6.45, 7) is 0. The molecule has 0 aromatic carbocycles. The smallest absolute Gasteiger partial charge is 0.118 e. The molecule has 1 N–H and O–H groups in total. The Labute approximate surface area is 61.4 Å². The second-order valence-corrected chi connectivity index (χ2v) is 3.24. The Kier molecular flexibility index (Phi) is 2.28. The quantitative estimate of drug-likeness (QED) is 0.450. The first-order valence-corrected chi connectivity index (χ1v) is 3.90. The minimum atomic E-state index is -1.08. The van der Waals surface area contributed by atoms with Gasteiger partial charge in [0.2, 0.25) is 0 Å². The molecular weight excluding hydrogens is 130 g/mol. The third-order valence-corrected chi connectivity index (χ3v) is 2.25. The molecule has 3 nitrogen and oxygen atoms in total. The van der Waals surface area contributed by atoms with Crippen molar-refractivity contribution in [3.63, 3.8) is 0 Å². The van der Waals surface area contributed by atoms with Gasteiger partial charge in [0.05, 0.1) is 7.05 Å². The molecule has 3 heteroatoms. The Morgan fingerprint density at radius 3 is 2.10 bits per heavy atom. The van der Waals surface area contributed by atoms with Crippen molar-refractivity contribution >= 4 is 0 Å². The third kappa shape index (κ3) is 1.94. The Morgan fingerprint density at radius 1 is 1.30 bits per heavy atom. The Balaban J connectivity index is 2.39. The lowest BCUT2D eigenvalue weighted by Gasteiger charge is -2.38. The highest BCUT2D eigenvalue weighted by atomic mass is 16.8. The van der Waals surface area contributed by atoms with Crippen LogP contribution in [0.5, 0.6) is 0 Å². The third-order valence-electron chi connectivity index (χ3n) is 2.25. The van der Waals surface area contributed by atoms with Crippen LogP contribution in [0.1, 0.15) is 32.1 Å². The van der Waals surface area contributed by atoms with Gasteiger partial charge in [0.15, 0.2) is 0 Å². The molecule has 1 rings (SSSR count). The van der Waals surface area contributed by atoms with Crippen LogP contribution in [0.4, 0.5) is 0 Å². The van der Waals surface area contributed by atoms with Gasteiger partial charge in [-0.3, -0.25) is 0 Å². The molecule has 0 bridgehead atoms. The van der Waals surface area contributed by atoms with E-state index in [0.29, 0.717) is 0 Å². The van der Waals surface area contributed by atoms with Crippen LogP contribution in [0.2, 0.25) is 0 Å². The molecule has 0 spiro atoms. The van der Waals surface area contributed by atoms with Gasteiger partial charge in [-0.2, -0.15) is 0 Å². The lowest BCUT2D eigenvalue weighted by molar-refractivity contribution is -1.07. The van der Waals surface area contributed by atoms with Crippen molar-refractivity contribution in [2.75, 3.05) is 7.05 Å². The van der Waals surface area contributed by atoms with Crippen LogP contribution in [0.25, 0.3) is 0 Å². The summed E-state index contributed by atoms with van der Waals surface area (Å²) in [5.74, 6) is 0. The zero-order valence-corrected chi connectivity index (χ0v) is 6.42. The van der Waals surface area contributed by atoms with E-state index in [1.807, 2.05) is 0 Å². The number of quaternary nitrogens is 1. The van der Waals surface area contributed by atoms with Crippen molar-refractivity contribution < 1.29 is 10.0 Å². The summed E-state index contributed by atoms with van der Waals surface area (Å²) in [5.41, 5.74) is 0. The average molecular weight is 145 g/mol. The number of rotatable bonds is 1. The molecule has 0 aliphatic heterocycles. The van der Waals surface area contributed by atoms with Gasteiger partial charge < -0.3 is 5.21 Å². The predicted molar refractivity (Wildman–Crippen MR) is 38.2 cm³/mol. The van der Waals surface area contributed by atoms with E-state index in [1.165, 1.54) is 13.5 Å². The van der Waals surface area contributed by atoms with E-state index >= 15 is 0 Å². The van der Waals surface area contributed by atoms with Crippen LogP contribution in [0.15, 0.2) is 0 Å². The minimum Gasteiger partial charge on any atom is -0.598 e. The van der Waals surface area contributed by atoms with Crippen LogP contribution in [0, 0.1) is 5.21 Å². The second-order valence-electron chi connectivity index (χ2n) is 3.24. The Bertz CT molecular complexity index is 103. The fraction of sp³-hybridized carbons (Fsp3) is 1.00. The van der Waals surface area contributed by atoms with Gasteiger partial charge in [-0.1, -0.05) is 6.42 Å². The van der Waals surface area contributed by atoms with Crippen LogP contribution in [-0.2, 0) is 0 Å². The molecule has 0 saturated heterocycles. The molecule has 10 heavy (non-hydrogen) atoms. The van der Waals surface area contributed by atoms with Gasteiger partial charge in [0.25, 0.3) is 0 Å². The first-order valence-electron chi connectivity index (χ1n) is 3.90. The SMILES string of the molecule is C[N+]([O-])(O)C1CCCCC1. The molecule has 1 atom stereocenters. The maximum absolute atomic E-state index is 11.0. The minimum absolute atomic E-state index is 0.0613. The average Bonchev–Trinajstić information content (AvgIpc) is 1.88. The van der Waals surface area contributed by atoms with E-state index in [1.54, 1.807) is 0 Å². The van der Waals surface area contributed by atoms with Gasteiger partial charge in [-0.15, -0.1) is 0 Å². The maximum Gasteiger partial charge on any atom is 0.118 e. The molecule has 0 radical (unpaired) electrons. The van der Waals surface area contributed by atoms with Crippen molar-refractivity contribution in [2.24, 2.45) is 0 Å². The lowest BCUT2D eigenvalue weighted by atomic mass is 9.95. The van der Waals surface area contributed by atoms with Crippen LogP contribution >= 0.6 is 0 Å². The summed E-state index contributed by atoms with van der Waals surface area (Å²) in [5, 5.41) is 20.0. The number of hydroxylamine groups is 4. The van der Waals surface area contributed by atoms with Crippen LogP contribution in [0.3, 0.4) is 0 Å². The monoisotopic (exact) mass is 145 g/mol. The topological polar surface area (TPSA) is 43.3 Å². The van der Waals surface area contributed by atoms with Crippen LogP contribution in [-0.4, -0.2) is 23.1 Å². The first-order chi connectivity index (χ1) is 4.61. The standard InChI is InChI=1S/C7H15NO2/c1-8(9,10)7-5-3-2-4-6-7/h7,9H,2-6H2,1H3. The molecular formula is C7H15NO2. The number of nitrogens with zero attached hydrogens (tertiary/aromatic N) is 1. The fourth-order valence-corrected chi connectivity index (χ4v) is 1.56. The molecule has 60 valence electrons. The molecule has 1 fully saturated rings. The normalized spacial score (nSPS) is 27.9. The first kappa shape index (κ1) is 7.98. The van der Waals surface area contributed by atoms with Crippen molar-refractivity contribution in [3.8, 4) is 0 Å². The van der Waals surface area contributed by atoms with E-state index in [-0.39, 0.29) is 6.04 Å². The van der Waals surface area contributed by atoms with Crippen molar-refractivity contribution in [3.05, 3.63) is 5.21 Å². The van der Waals surface area contributed by atoms with E-state index in [0.717, 1.165) is 25.7 Å². The highest BCUT2D eigenvalue weighted by molar-refractivity contribution is 4.64. The van der Waals surface area contributed by atoms with Gasteiger partial charge in [0, 0.05) is 12.8 Å². The largest absolute Gasteiger partial charge is 0.598 e. The van der Waals surface area contributed by atoms with Gasteiger partial charge in [-0.05, 0) is 12.8 Å². The van der Waals surface area contributed by atoms with E-state index < -0.39 is 4.81 Å². The number of hydrogen-bond donors (Lipinski definition) is 1.